The average molecular weight is 1270 g/mol. The normalized spacial score (nSPS) is 15.4. The van der Waals surface area contributed by atoms with Crippen LogP contribution in [-0.4, -0.2) is 128 Å². The molecule has 1 aromatic heterocycles. The fraction of sp³-hybridized carbons (Fsp3) is 0.391. The predicted octanol–water partition coefficient (Wildman–Crippen LogP) is 8.48. The van der Waals surface area contributed by atoms with Crippen LogP contribution in [0, 0.1) is 23.2 Å². The number of carbonyl (C=O) groups excluding carboxylic acids is 5. The van der Waals surface area contributed by atoms with Gasteiger partial charge in [0.15, 0.2) is 11.6 Å². The molecule has 0 radical (unpaired) electrons. The van der Waals surface area contributed by atoms with E-state index in [2.05, 4.69) is 54.1 Å². The maximum Gasteiger partial charge on any atom is 0.330 e. The van der Waals surface area contributed by atoms with E-state index in [9.17, 15) is 38.8 Å². The number of methoxy groups -OCH3 is 2. The fourth-order valence-corrected chi connectivity index (χ4v) is 12.9. The first kappa shape index (κ1) is 68.9. The van der Waals surface area contributed by atoms with Crippen LogP contribution < -0.4 is 47.3 Å². The Morgan fingerprint density at radius 3 is 1.89 bits per heavy atom. The number of ether oxygens (including phenoxy) is 4. The molecule has 4 atom stereocenters. The second-order valence-corrected chi connectivity index (χ2v) is 23.9. The molecule has 2 aliphatic rings. The molecule has 0 saturated carbocycles. The number of unbranched alkanes of at least 4 members (excludes halogenated alkanes) is 2. The molecule has 1 aliphatic carbocycles. The van der Waals surface area contributed by atoms with E-state index in [1.54, 1.807) is 57.7 Å². The van der Waals surface area contributed by atoms with Crippen molar-refractivity contribution in [2.45, 2.75) is 115 Å². The van der Waals surface area contributed by atoms with E-state index in [0.29, 0.717) is 65.4 Å². The molecule has 1 fully saturated rings. The molecule has 2 heterocycles. The Morgan fingerprint density at radius 2 is 1.29 bits per heavy atom. The zero-order valence-electron chi connectivity index (χ0n) is 52.9. The number of H-pyrrole nitrogens is 1. The Morgan fingerprint density at radius 1 is 0.717 bits per heavy atom. The zero-order chi connectivity index (χ0) is 65.7. The molecule has 1 unspecified atom stereocenters. The number of hydrogen-bond donors (Lipinski definition) is 6. The number of aromatic nitrogens is 2. The summed E-state index contributed by atoms with van der Waals surface area (Å²) in [6.45, 7) is 8.95. The summed E-state index contributed by atoms with van der Waals surface area (Å²) >= 11 is 0. The molecule has 8 rings (SSSR count). The monoisotopic (exact) mass is 1270 g/mol. The molecule has 484 valence electrons. The first-order chi connectivity index (χ1) is 44.5. The minimum absolute atomic E-state index is 0.0156. The van der Waals surface area contributed by atoms with Gasteiger partial charge in [0.2, 0.25) is 17.7 Å². The molecule has 0 bridgehead atoms. The quantitative estimate of drug-likeness (QED) is 0.00997. The summed E-state index contributed by atoms with van der Waals surface area (Å²) in [5.74, 6) is 5.57. The first-order valence-corrected chi connectivity index (χ1v) is 31.9. The Kier molecular flexibility index (Phi) is 25.0. The van der Waals surface area contributed by atoms with Gasteiger partial charge in [-0.2, -0.15) is 5.26 Å². The van der Waals surface area contributed by atoms with Gasteiger partial charge in [0, 0.05) is 93.1 Å². The molecule has 1 saturated heterocycles. The Labute approximate surface area is 537 Å². The number of fused-ring (bicyclic) bond motifs is 2. The second-order valence-electron chi connectivity index (χ2n) is 22.5. The Hall–Kier alpha value is -8.99. The third-order valence-corrected chi connectivity index (χ3v) is 17.8. The molecule has 6 N–H and O–H groups in total. The lowest BCUT2D eigenvalue weighted by Crippen LogP contribution is -2.39. The number of rotatable bonds is 32. The molecular formula is C69H80N9O13P. The van der Waals surface area contributed by atoms with Crippen molar-refractivity contribution in [1.29, 1.82) is 5.26 Å². The third-order valence-electron chi connectivity index (χ3n) is 15.7. The Bertz CT molecular complexity index is 3710. The van der Waals surface area contributed by atoms with Crippen molar-refractivity contribution in [3.05, 3.63) is 187 Å². The highest BCUT2D eigenvalue weighted by atomic mass is 31.2. The lowest BCUT2D eigenvalue weighted by Gasteiger charge is -2.39. The first-order valence-electron chi connectivity index (χ1n) is 30.8. The van der Waals surface area contributed by atoms with Gasteiger partial charge in [0.1, 0.15) is 35.0 Å². The van der Waals surface area contributed by atoms with E-state index in [1.807, 2.05) is 107 Å². The van der Waals surface area contributed by atoms with Gasteiger partial charge in [-0.3, -0.25) is 38.3 Å². The third kappa shape index (κ3) is 17.1. The van der Waals surface area contributed by atoms with Gasteiger partial charge < -0.3 is 54.6 Å². The smallest absolute Gasteiger partial charge is 0.330 e. The number of nitrogens with one attached hydrogen (secondary N) is 6. The molecule has 22 nitrogen and oxygen atoms in total. The van der Waals surface area contributed by atoms with Crippen LogP contribution in [-0.2, 0) is 38.5 Å². The molecule has 92 heavy (non-hydrogen) atoms. The summed E-state index contributed by atoms with van der Waals surface area (Å²) in [7, 11) is 3.08. The molecule has 0 spiro atoms. The van der Waals surface area contributed by atoms with Crippen molar-refractivity contribution in [2.75, 3.05) is 71.3 Å². The van der Waals surface area contributed by atoms with Gasteiger partial charge in [-0.1, -0.05) is 97.1 Å². The zero-order valence-corrected chi connectivity index (χ0v) is 53.8. The maximum atomic E-state index is 13.8. The topological polar surface area (TPSA) is 283 Å². The Balaban J connectivity index is 0.843. The minimum atomic E-state index is -1.81. The summed E-state index contributed by atoms with van der Waals surface area (Å²) in [6, 6.07) is 37.3. The van der Waals surface area contributed by atoms with Gasteiger partial charge in [-0.15, -0.1) is 0 Å². The molecule has 1 aliphatic heterocycles. The predicted molar refractivity (Wildman–Crippen MR) is 350 cm³/mol. The fourth-order valence-electron chi connectivity index (χ4n) is 11.2. The summed E-state index contributed by atoms with van der Waals surface area (Å²) in [6.07, 6.45) is 0.942. The number of carbonyl (C=O) groups is 5. The molecule has 23 heteroatoms. The van der Waals surface area contributed by atoms with E-state index in [1.165, 1.54) is 10.8 Å². The van der Waals surface area contributed by atoms with Crippen LogP contribution >= 0.6 is 8.53 Å². The molecule has 3 amide bonds. The lowest BCUT2D eigenvalue weighted by atomic mass is 9.80. The highest BCUT2D eigenvalue weighted by Crippen LogP contribution is 2.51. The van der Waals surface area contributed by atoms with Crippen molar-refractivity contribution in [2.24, 2.45) is 0 Å². The summed E-state index contributed by atoms with van der Waals surface area (Å²) in [4.78, 5) is 94.4. The van der Waals surface area contributed by atoms with E-state index >= 15 is 0 Å². The lowest BCUT2D eigenvalue weighted by molar-refractivity contribution is -0.126. The van der Waals surface area contributed by atoms with E-state index in [4.69, 9.17) is 28.0 Å². The van der Waals surface area contributed by atoms with Gasteiger partial charge in [0.05, 0.1) is 63.7 Å². The number of aromatic amines is 1. The van der Waals surface area contributed by atoms with Crippen molar-refractivity contribution in [1.82, 2.24) is 30.2 Å². The van der Waals surface area contributed by atoms with Gasteiger partial charge in [-0.25, -0.2) is 9.46 Å². The van der Waals surface area contributed by atoms with Gasteiger partial charge in [-0.05, 0) is 93.6 Å². The van der Waals surface area contributed by atoms with Crippen LogP contribution in [0.3, 0.4) is 0 Å². The molecular weight excluding hydrogens is 1190 g/mol. The highest BCUT2D eigenvalue weighted by molar-refractivity contribution is 7.44. The van der Waals surface area contributed by atoms with Crippen molar-refractivity contribution < 1.29 is 52.0 Å². The van der Waals surface area contributed by atoms with E-state index in [-0.39, 0.29) is 117 Å². The highest BCUT2D eigenvalue weighted by Gasteiger charge is 2.45. The standard InChI is InChI=1S/C69H80N9O13P/c1-45(2)78(46(3)4)92(89-41-17-36-70)91-57-42-62(90-58(57)44-88-69(48-19-10-8-11-20-48,49-24-28-51(86-6)29-25-49)50-26-30-52(87-7)31-27-50)77-43-47(67(84)76-68(77)85)18-16-38-74-59(79)23-12-9-15-37-73-60(80)34-35-61(81)75-40-39-72-56-33-32-55(71-5)63-64(56)66(83)54-22-14-13-21-53(54)65(63)82/h8,10-11,13-14,19-22,24-33,43,45-46,57-58,62,71-72H,9,12,15,17,23,34-35,37-42,44H2,1-7H3,(H,73,80)(H,74,79)(H,75,81)(H,76,84,85)/t57-,58+,62+,92?/m0/s1. The summed E-state index contributed by atoms with van der Waals surface area (Å²) in [5.41, 5.74) is 1.92. The number of nitriles is 1. The van der Waals surface area contributed by atoms with Gasteiger partial charge >= 0.3 is 5.69 Å². The van der Waals surface area contributed by atoms with Crippen molar-refractivity contribution in [3.63, 3.8) is 0 Å². The van der Waals surface area contributed by atoms with Crippen molar-refractivity contribution >= 4 is 49.2 Å². The number of anilines is 2. The van der Waals surface area contributed by atoms with Crippen LogP contribution in [0.1, 0.15) is 139 Å². The van der Waals surface area contributed by atoms with Crippen LogP contribution in [0.4, 0.5) is 11.4 Å². The maximum absolute atomic E-state index is 13.8. The van der Waals surface area contributed by atoms with Crippen molar-refractivity contribution in [3.8, 4) is 29.4 Å². The van der Waals surface area contributed by atoms with E-state index < -0.39 is 43.8 Å². The number of hydrogen-bond acceptors (Lipinski definition) is 17. The van der Waals surface area contributed by atoms with Crippen LogP contribution in [0.2, 0.25) is 0 Å². The largest absolute Gasteiger partial charge is 0.497 e. The SMILES string of the molecule is CNc1ccc(NCCNC(=O)CCC(=O)NCCCCCC(=O)NCC#Cc2cn([C@H]3C[C@H](OP(OCCC#N)N(C(C)C)C(C)C)[C@@H](COC(c4ccccc4)(c4ccc(OC)cc4)c4ccc(OC)cc4)O3)c(=O)[nH]c2=O)c2c1C(=O)c1ccccc1C2=O. The molecule has 5 aromatic carbocycles. The van der Waals surface area contributed by atoms with Crippen LogP contribution in [0.15, 0.2) is 131 Å². The number of benzene rings is 5. The van der Waals surface area contributed by atoms with E-state index in [0.717, 1.165) is 16.7 Å². The minimum Gasteiger partial charge on any atom is -0.497 e. The molecule has 6 aromatic rings. The number of nitrogens with zero attached hydrogens (tertiary/aromatic N) is 3. The average Bonchev–Trinajstić information content (AvgIpc) is 0.812. The second kappa shape index (κ2) is 33.4. The summed E-state index contributed by atoms with van der Waals surface area (Å²) in [5, 5.41) is 24.0. The van der Waals surface area contributed by atoms with Crippen LogP contribution in [0.25, 0.3) is 0 Å². The number of amides is 3. The van der Waals surface area contributed by atoms with Gasteiger partial charge in [0.25, 0.3) is 14.1 Å². The number of ketones is 2. The van der Waals surface area contributed by atoms with Crippen LogP contribution in [0.5, 0.6) is 11.5 Å². The summed E-state index contributed by atoms with van der Waals surface area (Å²) < 4.78 is 42.0.